The Labute approximate surface area is 173 Å². The van der Waals surface area contributed by atoms with Crippen molar-refractivity contribution in [2.24, 2.45) is 0 Å². The molecule has 0 aliphatic rings. The molecule has 0 radical (unpaired) electrons. The zero-order valence-electron chi connectivity index (χ0n) is 16.0. The van der Waals surface area contributed by atoms with Crippen LogP contribution < -0.4 is 5.32 Å². The maximum absolute atomic E-state index is 13.3. The maximum atomic E-state index is 13.3. The lowest BCUT2D eigenvalue weighted by Crippen LogP contribution is -2.42. The molecule has 0 heterocycles. The molecule has 0 unspecified atom stereocenters. The number of carbonyl (C=O) groups is 2. The average molecular weight is 394 g/mol. The molecule has 30 heavy (non-hydrogen) atoms. The van der Waals surface area contributed by atoms with Gasteiger partial charge >= 0.3 is 5.97 Å². The first-order valence-electron chi connectivity index (χ1n) is 9.50. The molecule has 4 rings (SSSR count). The highest BCUT2D eigenvalue weighted by molar-refractivity contribution is 6.18. The molecular formula is C25H18N2O3. The van der Waals surface area contributed by atoms with E-state index in [9.17, 15) is 14.7 Å². The summed E-state index contributed by atoms with van der Waals surface area (Å²) in [5, 5.41) is 24.8. The van der Waals surface area contributed by atoms with E-state index in [4.69, 9.17) is 5.26 Å². The van der Waals surface area contributed by atoms with Gasteiger partial charge in [-0.2, -0.15) is 5.26 Å². The Balaban J connectivity index is 1.73. The maximum Gasteiger partial charge on any atom is 0.326 e. The standard InChI is InChI=1S/C25H18N2O3/c26-15-17-7-5-6-16(12-17)13-22(25(29)30)27-24(28)23-20-10-3-1-8-18(20)14-19-9-2-4-11-21(19)23/h1-12,14,22H,13H2,(H,27,28)(H,29,30)/t22-/m0/s1. The van der Waals surface area contributed by atoms with E-state index in [0.29, 0.717) is 16.7 Å². The molecule has 0 aliphatic heterocycles. The molecule has 5 nitrogen and oxygen atoms in total. The third-order valence-corrected chi connectivity index (χ3v) is 5.10. The smallest absolute Gasteiger partial charge is 0.326 e. The zero-order valence-corrected chi connectivity index (χ0v) is 16.0. The molecule has 0 fully saturated rings. The summed E-state index contributed by atoms with van der Waals surface area (Å²) >= 11 is 0. The minimum atomic E-state index is -1.13. The van der Waals surface area contributed by atoms with E-state index in [0.717, 1.165) is 21.5 Å². The molecular weight excluding hydrogens is 376 g/mol. The van der Waals surface area contributed by atoms with Crippen LogP contribution in [0.1, 0.15) is 21.5 Å². The van der Waals surface area contributed by atoms with Crippen molar-refractivity contribution in [3.63, 3.8) is 0 Å². The van der Waals surface area contributed by atoms with E-state index in [-0.39, 0.29) is 6.42 Å². The largest absolute Gasteiger partial charge is 0.480 e. The van der Waals surface area contributed by atoms with Gasteiger partial charge in [0.2, 0.25) is 0 Å². The minimum Gasteiger partial charge on any atom is -0.480 e. The van der Waals surface area contributed by atoms with Crippen LogP contribution in [0.5, 0.6) is 0 Å². The number of amides is 1. The van der Waals surface area contributed by atoms with Crippen molar-refractivity contribution in [1.82, 2.24) is 5.32 Å². The average Bonchev–Trinajstić information content (AvgIpc) is 2.76. The van der Waals surface area contributed by atoms with Crippen LogP contribution in [-0.4, -0.2) is 23.0 Å². The van der Waals surface area contributed by atoms with Gasteiger partial charge in [0.25, 0.3) is 5.91 Å². The minimum absolute atomic E-state index is 0.0826. The van der Waals surface area contributed by atoms with Crippen LogP contribution in [0, 0.1) is 11.3 Å². The van der Waals surface area contributed by atoms with Crippen LogP contribution >= 0.6 is 0 Å². The number of nitrogens with one attached hydrogen (secondary N) is 1. The number of fused-ring (bicyclic) bond motifs is 2. The van der Waals surface area contributed by atoms with Gasteiger partial charge < -0.3 is 10.4 Å². The summed E-state index contributed by atoms with van der Waals surface area (Å²) in [5.41, 5.74) is 1.58. The second-order valence-corrected chi connectivity index (χ2v) is 7.07. The summed E-state index contributed by atoms with van der Waals surface area (Å²) in [6, 6.07) is 24.8. The number of nitrogens with zero attached hydrogens (tertiary/aromatic N) is 1. The predicted octanol–water partition coefficient (Wildman–Crippen LogP) is 4.29. The number of carbonyl (C=O) groups excluding carboxylic acids is 1. The molecule has 0 saturated carbocycles. The number of nitriles is 1. The first-order chi connectivity index (χ1) is 14.6. The van der Waals surface area contributed by atoms with Crippen molar-refractivity contribution in [3.8, 4) is 6.07 Å². The van der Waals surface area contributed by atoms with Gasteiger partial charge in [-0.25, -0.2) is 4.79 Å². The van der Waals surface area contributed by atoms with Crippen LogP contribution in [-0.2, 0) is 11.2 Å². The number of hydrogen-bond donors (Lipinski definition) is 2. The lowest BCUT2D eigenvalue weighted by atomic mass is 9.95. The molecule has 0 spiro atoms. The second kappa shape index (κ2) is 8.06. The molecule has 2 N–H and O–H groups in total. The summed E-state index contributed by atoms with van der Waals surface area (Å²) in [5.74, 6) is -1.57. The first-order valence-corrected chi connectivity index (χ1v) is 9.50. The zero-order chi connectivity index (χ0) is 21.1. The van der Waals surface area contributed by atoms with E-state index in [1.807, 2.05) is 60.7 Å². The Morgan fingerprint density at radius 2 is 1.53 bits per heavy atom. The van der Waals surface area contributed by atoms with Crippen molar-refractivity contribution in [1.29, 1.82) is 5.26 Å². The highest BCUT2D eigenvalue weighted by atomic mass is 16.4. The fourth-order valence-corrected chi connectivity index (χ4v) is 3.69. The fourth-order valence-electron chi connectivity index (χ4n) is 3.69. The molecule has 5 heteroatoms. The molecule has 4 aromatic rings. The summed E-state index contributed by atoms with van der Waals surface area (Å²) in [7, 11) is 0. The normalized spacial score (nSPS) is 11.7. The van der Waals surface area contributed by atoms with Gasteiger partial charge in [0.1, 0.15) is 6.04 Å². The molecule has 1 amide bonds. The van der Waals surface area contributed by atoms with Gasteiger partial charge in [-0.15, -0.1) is 0 Å². The SMILES string of the molecule is N#Cc1cccc(C[C@H](NC(=O)c2c3ccccc3cc3ccccc23)C(=O)O)c1. The molecule has 4 aromatic carbocycles. The van der Waals surface area contributed by atoms with Gasteiger partial charge in [-0.1, -0.05) is 60.7 Å². The molecule has 0 bridgehead atoms. The highest BCUT2D eigenvalue weighted by Gasteiger charge is 2.23. The van der Waals surface area contributed by atoms with Crippen LogP contribution in [0.4, 0.5) is 0 Å². The first kappa shape index (κ1) is 19.2. The van der Waals surface area contributed by atoms with Gasteiger partial charge in [-0.05, 0) is 45.3 Å². The lowest BCUT2D eigenvalue weighted by molar-refractivity contribution is -0.139. The fraction of sp³-hybridized carbons (Fsp3) is 0.0800. The number of carboxylic acids is 1. The van der Waals surface area contributed by atoms with E-state index >= 15 is 0 Å². The lowest BCUT2D eigenvalue weighted by Gasteiger charge is -2.17. The Morgan fingerprint density at radius 1 is 0.900 bits per heavy atom. The number of carboxylic acid groups (broad SMARTS) is 1. The Morgan fingerprint density at radius 3 is 2.13 bits per heavy atom. The van der Waals surface area contributed by atoms with Gasteiger partial charge in [0, 0.05) is 6.42 Å². The van der Waals surface area contributed by atoms with Crippen molar-refractivity contribution < 1.29 is 14.7 Å². The van der Waals surface area contributed by atoms with Gasteiger partial charge in [0.15, 0.2) is 0 Å². The predicted molar refractivity (Wildman–Crippen MR) is 115 cm³/mol. The quantitative estimate of drug-likeness (QED) is 0.494. The van der Waals surface area contributed by atoms with Crippen LogP contribution in [0.3, 0.4) is 0 Å². The molecule has 0 aliphatic carbocycles. The van der Waals surface area contributed by atoms with Gasteiger partial charge in [0.05, 0.1) is 17.2 Å². The van der Waals surface area contributed by atoms with E-state index in [1.165, 1.54) is 0 Å². The molecule has 1 atom stereocenters. The van der Waals surface area contributed by atoms with E-state index in [1.54, 1.807) is 24.3 Å². The summed E-state index contributed by atoms with van der Waals surface area (Å²) in [4.78, 5) is 25.1. The molecule has 0 saturated heterocycles. The Kier molecular flexibility index (Phi) is 5.15. The topological polar surface area (TPSA) is 90.2 Å². The van der Waals surface area contributed by atoms with E-state index < -0.39 is 17.9 Å². The third kappa shape index (κ3) is 3.71. The second-order valence-electron chi connectivity index (χ2n) is 7.07. The third-order valence-electron chi connectivity index (χ3n) is 5.10. The van der Waals surface area contributed by atoms with Crippen LogP contribution in [0.15, 0.2) is 78.9 Å². The monoisotopic (exact) mass is 394 g/mol. The summed E-state index contributed by atoms with van der Waals surface area (Å²) < 4.78 is 0. The molecule has 146 valence electrons. The van der Waals surface area contributed by atoms with Crippen molar-refractivity contribution in [2.45, 2.75) is 12.5 Å². The summed E-state index contributed by atoms with van der Waals surface area (Å²) in [6.45, 7) is 0. The van der Waals surface area contributed by atoms with Crippen molar-refractivity contribution >= 4 is 33.4 Å². The number of hydrogen-bond acceptors (Lipinski definition) is 3. The van der Waals surface area contributed by atoms with Crippen LogP contribution in [0.25, 0.3) is 21.5 Å². The highest BCUT2D eigenvalue weighted by Crippen LogP contribution is 2.28. The van der Waals surface area contributed by atoms with E-state index in [2.05, 4.69) is 5.32 Å². The Bertz CT molecular complexity index is 1270. The van der Waals surface area contributed by atoms with Gasteiger partial charge in [-0.3, -0.25) is 4.79 Å². The summed E-state index contributed by atoms with van der Waals surface area (Å²) in [6.07, 6.45) is 0.0826. The number of aliphatic carboxylic acids is 1. The van der Waals surface area contributed by atoms with Crippen molar-refractivity contribution in [3.05, 3.63) is 95.6 Å². The number of benzene rings is 4. The number of rotatable bonds is 5. The molecule has 0 aromatic heterocycles. The Hall–Kier alpha value is -4.17. The van der Waals surface area contributed by atoms with Crippen molar-refractivity contribution in [2.75, 3.05) is 0 Å². The van der Waals surface area contributed by atoms with Crippen LogP contribution in [0.2, 0.25) is 0 Å².